The topological polar surface area (TPSA) is 49.7 Å². The highest BCUT2D eigenvalue weighted by Gasteiger charge is 2.61. The summed E-state index contributed by atoms with van der Waals surface area (Å²) < 4.78 is 6.17. The van der Waals surface area contributed by atoms with Crippen molar-refractivity contribution in [3.63, 3.8) is 0 Å². The lowest BCUT2D eigenvalue weighted by atomic mass is 9.46. The second-order valence-corrected chi connectivity index (χ2v) is 13.3. The maximum atomic E-state index is 11.3. The second-order valence-electron chi connectivity index (χ2n) is 13.3. The average molecular weight is 461 g/mol. The van der Waals surface area contributed by atoms with Crippen LogP contribution in [0, 0.1) is 52.3 Å². The second kappa shape index (κ2) is 9.58. The smallest absolute Gasteiger partial charge is 0.0788 e. The van der Waals surface area contributed by atoms with E-state index in [4.69, 9.17) is 4.74 Å². The molecule has 4 aliphatic rings. The molecule has 4 rings (SSSR count). The van der Waals surface area contributed by atoms with Crippen molar-refractivity contribution in [1.29, 1.82) is 0 Å². The molecule has 3 nitrogen and oxygen atoms in total. The van der Waals surface area contributed by atoms with E-state index in [0.717, 1.165) is 32.1 Å². The first-order valence-electron chi connectivity index (χ1n) is 14.2. The third-order valence-corrected chi connectivity index (χ3v) is 11.7. The summed E-state index contributed by atoms with van der Waals surface area (Å²) in [4.78, 5) is 0. The van der Waals surface area contributed by atoms with Crippen LogP contribution < -0.4 is 0 Å². The molecule has 33 heavy (non-hydrogen) atoms. The Balaban J connectivity index is 1.57. The molecular formula is C30H52O3. The summed E-state index contributed by atoms with van der Waals surface area (Å²) in [5, 5.41) is 21.7. The van der Waals surface area contributed by atoms with Crippen molar-refractivity contribution in [2.45, 2.75) is 118 Å². The van der Waals surface area contributed by atoms with Crippen LogP contribution >= 0.6 is 0 Å². The molecular weight excluding hydrogens is 408 g/mol. The van der Waals surface area contributed by atoms with Crippen molar-refractivity contribution in [2.24, 2.45) is 52.3 Å². The number of methoxy groups -OCH3 is 1. The summed E-state index contributed by atoms with van der Waals surface area (Å²) in [7, 11) is 1.89. The standard InChI is InChI=1S/C30H52O3/c1-8-20(18(2)3)15-26(32)19(4)23-9-10-24-28-25(12-14-30(23,24)6)29(5)13-11-22(31)16-21(29)17-27(28)33-7/h17-20,22-28,31-32H,8-16H2,1-7H3/t19-,20+,22-,23?,24?,25?,26+,27?,28?,29-,30+/m0/s1. The van der Waals surface area contributed by atoms with Gasteiger partial charge in [-0.3, -0.25) is 0 Å². The van der Waals surface area contributed by atoms with Gasteiger partial charge in [-0.1, -0.05) is 59.6 Å². The molecule has 0 aromatic rings. The van der Waals surface area contributed by atoms with Crippen molar-refractivity contribution in [3.8, 4) is 0 Å². The number of ether oxygens (including phenoxy) is 1. The number of aliphatic hydroxyl groups is 2. The normalized spacial score (nSPS) is 45.6. The van der Waals surface area contributed by atoms with Crippen LogP contribution in [0.1, 0.15) is 99.3 Å². The molecule has 3 saturated carbocycles. The van der Waals surface area contributed by atoms with Crippen LogP contribution in [0.15, 0.2) is 11.6 Å². The van der Waals surface area contributed by atoms with Crippen molar-refractivity contribution < 1.29 is 14.9 Å². The Hall–Kier alpha value is -0.380. The van der Waals surface area contributed by atoms with E-state index < -0.39 is 0 Å². The number of rotatable bonds is 7. The van der Waals surface area contributed by atoms with Gasteiger partial charge in [-0.25, -0.2) is 0 Å². The molecule has 0 radical (unpaired) electrons. The Morgan fingerprint density at radius 1 is 1.06 bits per heavy atom. The van der Waals surface area contributed by atoms with Gasteiger partial charge in [0, 0.05) is 7.11 Å². The predicted molar refractivity (Wildman–Crippen MR) is 136 cm³/mol. The van der Waals surface area contributed by atoms with Crippen LogP contribution in [0.5, 0.6) is 0 Å². The molecule has 3 heteroatoms. The van der Waals surface area contributed by atoms with Gasteiger partial charge in [-0.2, -0.15) is 0 Å². The summed E-state index contributed by atoms with van der Waals surface area (Å²) in [6.07, 6.45) is 12.3. The predicted octanol–water partition coefficient (Wildman–Crippen LogP) is 6.62. The van der Waals surface area contributed by atoms with E-state index in [1.54, 1.807) is 0 Å². The van der Waals surface area contributed by atoms with Crippen molar-refractivity contribution in [2.75, 3.05) is 7.11 Å². The summed E-state index contributed by atoms with van der Waals surface area (Å²) in [6, 6.07) is 0. The Labute approximate surface area is 203 Å². The van der Waals surface area contributed by atoms with E-state index in [2.05, 4.69) is 47.6 Å². The lowest BCUT2D eigenvalue weighted by Gasteiger charge is -2.60. The van der Waals surface area contributed by atoms with Gasteiger partial charge in [0.1, 0.15) is 0 Å². The Morgan fingerprint density at radius 2 is 1.79 bits per heavy atom. The zero-order valence-corrected chi connectivity index (χ0v) is 22.5. The highest BCUT2D eigenvalue weighted by atomic mass is 16.5. The minimum Gasteiger partial charge on any atom is -0.393 e. The molecule has 0 spiro atoms. The van der Waals surface area contributed by atoms with E-state index in [1.807, 2.05) is 7.11 Å². The van der Waals surface area contributed by atoms with E-state index >= 15 is 0 Å². The maximum Gasteiger partial charge on any atom is 0.0788 e. The Bertz CT molecular complexity index is 715. The van der Waals surface area contributed by atoms with Crippen LogP contribution in [0.2, 0.25) is 0 Å². The number of hydrogen-bond acceptors (Lipinski definition) is 3. The third kappa shape index (κ3) is 4.27. The minimum atomic E-state index is -0.191. The van der Waals surface area contributed by atoms with Gasteiger partial charge in [0.2, 0.25) is 0 Å². The summed E-state index contributed by atoms with van der Waals surface area (Å²) in [5.74, 6) is 4.13. The van der Waals surface area contributed by atoms with E-state index in [0.29, 0.717) is 46.8 Å². The Morgan fingerprint density at radius 3 is 2.42 bits per heavy atom. The zero-order chi connectivity index (χ0) is 24.1. The molecule has 3 fully saturated rings. The maximum absolute atomic E-state index is 11.3. The molecule has 4 aliphatic carbocycles. The molecule has 190 valence electrons. The van der Waals surface area contributed by atoms with Crippen molar-refractivity contribution in [3.05, 3.63) is 11.6 Å². The highest BCUT2D eigenvalue weighted by molar-refractivity contribution is 5.28. The number of aliphatic hydroxyl groups excluding tert-OH is 2. The van der Waals surface area contributed by atoms with Crippen LogP contribution in [0.4, 0.5) is 0 Å². The monoisotopic (exact) mass is 460 g/mol. The molecule has 0 saturated heterocycles. The molecule has 0 bridgehead atoms. The van der Waals surface area contributed by atoms with Crippen LogP contribution in [-0.4, -0.2) is 35.6 Å². The first kappa shape index (κ1) is 25.7. The minimum absolute atomic E-state index is 0.178. The first-order chi connectivity index (χ1) is 15.6. The lowest BCUT2D eigenvalue weighted by molar-refractivity contribution is -0.111. The largest absolute Gasteiger partial charge is 0.393 e. The number of hydrogen-bond donors (Lipinski definition) is 2. The van der Waals surface area contributed by atoms with Crippen molar-refractivity contribution in [1.82, 2.24) is 0 Å². The average Bonchev–Trinajstić information content (AvgIpc) is 3.13. The molecule has 5 unspecified atom stereocenters. The highest BCUT2D eigenvalue weighted by Crippen LogP contribution is 2.67. The van der Waals surface area contributed by atoms with Crippen LogP contribution in [0.3, 0.4) is 0 Å². The fourth-order valence-corrected chi connectivity index (χ4v) is 9.44. The van der Waals surface area contributed by atoms with Gasteiger partial charge in [0.25, 0.3) is 0 Å². The molecule has 0 amide bonds. The quantitative estimate of drug-likeness (QED) is 0.420. The summed E-state index contributed by atoms with van der Waals surface area (Å²) in [5.41, 5.74) is 2.00. The van der Waals surface area contributed by atoms with Gasteiger partial charge in [0.15, 0.2) is 0 Å². The summed E-state index contributed by atoms with van der Waals surface area (Å²) in [6.45, 7) is 14.3. The van der Waals surface area contributed by atoms with E-state index in [1.165, 1.54) is 31.3 Å². The van der Waals surface area contributed by atoms with Crippen LogP contribution in [0.25, 0.3) is 0 Å². The Kier molecular flexibility index (Phi) is 7.46. The van der Waals surface area contributed by atoms with Gasteiger partial charge in [0.05, 0.1) is 18.3 Å². The zero-order valence-electron chi connectivity index (χ0n) is 22.5. The SMILES string of the molecule is CC[C@H](C[C@@H](O)[C@@H](C)C1CCC2C3C(OC)C=C4C[C@@H](O)CC[C@]4(C)C3CC[C@@]21C)C(C)C. The van der Waals surface area contributed by atoms with Gasteiger partial charge in [-0.15, -0.1) is 0 Å². The third-order valence-electron chi connectivity index (χ3n) is 11.7. The number of fused-ring (bicyclic) bond motifs is 5. The molecule has 0 heterocycles. The first-order valence-corrected chi connectivity index (χ1v) is 14.2. The van der Waals surface area contributed by atoms with Crippen LogP contribution in [-0.2, 0) is 4.74 Å². The lowest BCUT2D eigenvalue weighted by Crippen LogP contribution is -2.55. The van der Waals surface area contributed by atoms with Gasteiger partial charge >= 0.3 is 0 Å². The van der Waals surface area contributed by atoms with Gasteiger partial charge in [-0.05, 0) is 104 Å². The molecule has 0 aliphatic heterocycles. The fraction of sp³-hybridized carbons (Fsp3) is 0.933. The molecule has 11 atom stereocenters. The summed E-state index contributed by atoms with van der Waals surface area (Å²) >= 11 is 0. The van der Waals surface area contributed by atoms with E-state index in [-0.39, 0.29) is 23.7 Å². The van der Waals surface area contributed by atoms with Gasteiger partial charge < -0.3 is 14.9 Å². The molecule has 0 aromatic heterocycles. The van der Waals surface area contributed by atoms with Crippen molar-refractivity contribution >= 4 is 0 Å². The fourth-order valence-electron chi connectivity index (χ4n) is 9.44. The molecule has 0 aromatic carbocycles. The van der Waals surface area contributed by atoms with E-state index in [9.17, 15) is 10.2 Å². The molecule has 2 N–H and O–H groups in total.